The number of hydrogen-bond acceptors (Lipinski definition) is 4. The highest BCUT2D eigenvalue weighted by molar-refractivity contribution is 6.46. The second kappa shape index (κ2) is 8.90. The number of rotatable bonds is 5. The van der Waals surface area contributed by atoms with Crippen LogP contribution >= 0.6 is 0 Å². The molecule has 1 heterocycles. The quantitative estimate of drug-likeness (QED) is 0.338. The largest absolute Gasteiger partial charge is 0.507 e. The van der Waals surface area contributed by atoms with Crippen LogP contribution in [0.25, 0.3) is 5.76 Å². The summed E-state index contributed by atoms with van der Waals surface area (Å²) in [5.41, 5.74) is 3.09. The van der Waals surface area contributed by atoms with Gasteiger partial charge < -0.3 is 14.7 Å². The van der Waals surface area contributed by atoms with Gasteiger partial charge in [-0.3, -0.25) is 9.59 Å². The van der Waals surface area contributed by atoms with Gasteiger partial charge >= 0.3 is 0 Å². The Morgan fingerprint density at radius 2 is 1.76 bits per heavy atom. The fraction of sp³-hybridized carbons (Fsp3) is 0.185. The molecule has 0 radical (unpaired) electrons. The first-order chi connectivity index (χ1) is 15.8. The molecule has 5 nitrogen and oxygen atoms in total. The third kappa shape index (κ3) is 4.24. The molecule has 0 aromatic heterocycles. The fourth-order valence-corrected chi connectivity index (χ4v) is 4.10. The Morgan fingerprint density at radius 3 is 2.39 bits per heavy atom. The zero-order valence-corrected chi connectivity index (χ0v) is 18.6. The number of aliphatic hydroxyl groups is 1. The Balaban J connectivity index is 1.85. The molecular formula is C27H24FNO4. The monoisotopic (exact) mass is 445 g/mol. The molecule has 1 fully saturated rings. The fourth-order valence-electron chi connectivity index (χ4n) is 4.10. The molecule has 3 aromatic carbocycles. The van der Waals surface area contributed by atoms with E-state index in [1.807, 2.05) is 43.3 Å². The van der Waals surface area contributed by atoms with Crippen molar-refractivity contribution < 1.29 is 23.8 Å². The van der Waals surface area contributed by atoms with Gasteiger partial charge in [0.05, 0.1) is 18.7 Å². The Bertz CT molecular complexity index is 1260. The maximum atomic E-state index is 13.8. The van der Waals surface area contributed by atoms with Gasteiger partial charge in [-0.15, -0.1) is 0 Å². The summed E-state index contributed by atoms with van der Waals surface area (Å²) in [6.45, 7) is 3.67. The standard InChI is InChI=1S/C27H24FNO4/c1-16-5-4-6-19(13-16)24-23(25(30)20-9-12-22(28)17(2)14-20)26(31)27(32)29(24)15-18-7-10-21(33-3)11-8-18/h4-14,24,30H,15H2,1-3H3/b25-23-. The number of nitrogens with zero attached hydrogens (tertiary/aromatic N) is 1. The van der Waals surface area contributed by atoms with Crippen molar-refractivity contribution in [2.45, 2.75) is 26.4 Å². The zero-order valence-electron chi connectivity index (χ0n) is 18.6. The summed E-state index contributed by atoms with van der Waals surface area (Å²) in [6, 6.07) is 18.0. The lowest BCUT2D eigenvalue weighted by Gasteiger charge is -2.26. The van der Waals surface area contributed by atoms with Gasteiger partial charge in [-0.25, -0.2) is 4.39 Å². The minimum Gasteiger partial charge on any atom is -0.507 e. The third-order valence-electron chi connectivity index (χ3n) is 5.84. The molecule has 3 aromatic rings. The molecule has 1 amide bonds. The first-order valence-electron chi connectivity index (χ1n) is 10.5. The third-order valence-corrected chi connectivity index (χ3v) is 5.84. The second-order valence-corrected chi connectivity index (χ2v) is 8.15. The Hall–Kier alpha value is -3.93. The van der Waals surface area contributed by atoms with Crippen molar-refractivity contribution in [3.05, 3.63) is 106 Å². The SMILES string of the molecule is COc1ccc(CN2C(=O)C(=O)/C(=C(\O)c3ccc(F)c(C)c3)C2c2cccc(C)c2)cc1. The maximum Gasteiger partial charge on any atom is 0.295 e. The van der Waals surface area contributed by atoms with Gasteiger partial charge in [0.15, 0.2) is 0 Å². The lowest BCUT2D eigenvalue weighted by molar-refractivity contribution is -0.140. The van der Waals surface area contributed by atoms with Crippen LogP contribution in [-0.2, 0) is 16.1 Å². The van der Waals surface area contributed by atoms with Crippen molar-refractivity contribution >= 4 is 17.4 Å². The summed E-state index contributed by atoms with van der Waals surface area (Å²) < 4.78 is 19.0. The summed E-state index contributed by atoms with van der Waals surface area (Å²) in [4.78, 5) is 27.7. The van der Waals surface area contributed by atoms with Gasteiger partial charge in [-0.1, -0.05) is 42.0 Å². The van der Waals surface area contributed by atoms with Gasteiger partial charge in [0.1, 0.15) is 17.3 Å². The molecule has 168 valence electrons. The van der Waals surface area contributed by atoms with E-state index in [1.165, 1.54) is 23.1 Å². The van der Waals surface area contributed by atoms with Crippen molar-refractivity contribution in [1.82, 2.24) is 4.90 Å². The number of halogens is 1. The molecule has 0 spiro atoms. The summed E-state index contributed by atoms with van der Waals surface area (Å²) in [5.74, 6) is -1.52. The highest BCUT2D eigenvalue weighted by atomic mass is 19.1. The van der Waals surface area contributed by atoms with E-state index < -0.39 is 23.5 Å². The number of hydrogen-bond donors (Lipinski definition) is 1. The topological polar surface area (TPSA) is 66.8 Å². The number of amides is 1. The number of ketones is 1. The van der Waals surface area contributed by atoms with E-state index in [1.54, 1.807) is 26.2 Å². The number of ether oxygens (including phenoxy) is 1. The van der Waals surface area contributed by atoms with Gasteiger partial charge in [0, 0.05) is 12.1 Å². The Labute approximate surface area is 191 Å². The first-order valence-corrected chi connectivity index (χ1v) is 10.5. The smallest absolute Gasteiger partial charge is 0.295 e. The summed E-state index contributed by atoms with van der Waals surface area (Å²) in [6.07, 6.45) is 0. The molecule has 1 aliphatic rings. The van der Waals surface area contributed by atoms with Crippen molar-refractivity contribution in [1.29, 1.82) is 0 Å². The molecule has 1 saturated heterocycles. The molecule has 6 heteroatoms. The predicted molar refractivity (Wildman–Crippen MR) is 123 cm³/mol. The molecule has 1 N–H and O–H groups in total. The number of carbonyl (C=O) groups is 2. The second-order valence-electron chi connectivity index (χ2n) is 8.15. The molecule has 1 aliphatic heterocycles. The average Bonchev–Trinajstić information content (AvgIpc) is 3.06. The number of aryl methyl sites for hydroxylation is 2. The molecule has 0 bridgehead atoms. The number of carbonyl (C=O) groups excluding carboxylic acids is 2. The maximum absolute atomic E-state index is 13.8. The van der Waals surface area contributed by atoms with Crippen molar-refractivity contribution in [3.8, 4) is 5.75 Å². The molecular weight excluding hydrogens is 421 g/mol. The van der Waals surface area contributed by atoms with E-state index >= 15 is 0 Å². The average molecular weight is 445 g/mol. The van der Waals surface area contributed by atoms with Crippen LogP contribution < -0.4 is 4.74 Å². The molecule has 0 aliphatic carbocycles. The van der Waals surface area contributed by atoms with Crippen LogP contribution in [0.1, 0.15) is 33.9 Å². The highest BCUT2D eigenvalue weighted by Gasteiger charge is 2.46. The molecule has 1 unspecified atom stereocenters. The lowest BCUT2D eigenvalue weighted by Crippen LogP contribution is -2.29. The Kier molecular flexibility index (Phi) is 6.01. The van der Waals surface area contributed by atoms with Crippen LogP contribution in [0.15, 0.2) is 72.3 Å². The zero-order chi connectivity index (χ0) is 23.7. The van der Waals surface area contributed by atoms with Crippen LogP contribution in [0.2, 0.25) is 0 Å². The van der Waals surface area contributed by atoms with Crippen molar-refractivity contribution in [2.24, 2.45) is 0 Å². The predicted octanol–water partition coefficient (Wildman–Crippen LogP) is 5.07. The van der Waals surface area contributed by atoms with Crippen LogP contribution in [0.5, 0.6) is 5.75 Å². The van der Waals surface area contributed by atoms with E-state index in [0.717, 1.165) is 11.1 Å². The van der Waals surface area contributed by atoms with E-state index in [2.05, 4.69) is 0 Å². The van der Waals surface area contributed by atoms with Gasteiger partial charge in [0.25, 0.3) is 11.7 Å². The van der Waals surface area contributed by atoms with Crippen molar-refractivity contribution in [3.63, 3.8) is 0 Å². The van der Waals surface area contributed by atoms with Gasteiger partial charge in [-0.2, -0.15) is 0 Å². The summed E-state index contributed by atoms with van der Waals surface area (Å²) in [7, 11) is 1.57. The first kappa shape index (κ1) is 22.3. The number of likely N-dealkylation sites (tertiary alicyclic amines) is 1. The molecule has 1 atom stereocenters. The van der Waals surface area contributed by atoms with Gasteiger partial charge in [-0.05, 0) is 60.9 Å². The highest BCUT2D eigenvalue weighted by Crippen LogP contribution is 2.40. The van der Waals surface area contributed by atoms with Crippen LogP contribution in [0.4, 0.5) is 4.39 Å². The number of methoxy groups -OCH3 is 1. The summed E-state index contributed by atoms with van der Waals surface area (Å²) in [5, 5.41) is 11.1. The lowest BCUT2D eigenvalue weighted by atomic mass is 9.94. The van der Waals surface area contributed by atoms with Gasteiger partial charge in [0.2, 0.25) is 0 Å². The minimum absolute atomic E-state index is 0.00915. The molecule has 0 saturated carbocycles. The van der Waals surface area contributed by atoms with Crippen LogP contribution in [0, 0.1) is 19.7 Å². The number of Topliss-reactive ketones (excluding diaryl/α,β-unsaturated/α-hetero) is 1. The molecule has 4 rings (SSSR count). The number of benzene rings is 3. The summed E-state index contributed by atoms with van der Waals surface area (Å²) >= 11 is 0. The van der Waals surface area contributed by atoms with E-state index in [-0.39, 0.29) is 23.4 Å². The van der Waals surface area contributed by atoms with E-state index in [9.17, 15) is 19.1 Å². The van der Waals surface area contributed by atoms with E-state index in [4.69, 9.17) is 4.74 Å². The number of aliphatic hydroxyl groups excluding tert-OH is 1. The van der Waals surface area contributed by atoms with Crippen molar-refractivity contribution in [2.75, 3.05) is 7.11 Å². The molecule has 33 heavy (non-hydrogen) atoms. The van der Waals surface area contributed by atoms with Crippen LogP contribution in [0.3, 0.4) is 0 Å². The Morgan fingerprint density at radius 1 is 1.03 bits per heavy atom. The van der Waals surface area contributed by atoms with E-state index in [0.29, 0.717) is 16.9 Å². The normalized spacial score (nSPS) is 17.5. The van der Waals surface area contributed by atoms with Crippen LogP contribution in [-0.4, -0.2) is 28.8 Å². The minimum atomic E-state index is -0.780.